The van der Waals surface area contributed by atoms with Crippen LogP contribution in [-0.4, -0.2) is 19.6 Å². The lowest BCUT2D eigenvalue weighted by molar-refractivity contribution is -0.134. The van der Waals surface area contributed by atoms with Crippen LogP contribution < -0.4 is 5.32 Å². The summed E-state index contributed by atoms with van der Waals surface area (Å²) in [7, 11) is 1.37. The molecule has 84 valence electrons. The lowest BCUT2D eigenvalue weighted by Gasteiger charge is -2.12. The second kappa shape index (κ2) is 7.10. The molecule has 1 rings (SSSR count). The Hall–Kier alpha value is -1.25. The summed E-state index contributed by atoms with van der Waals surface area (Å²) in [5.74, 6) is -0.320. The van der Waals surface area contributed by atoms with Gasteiger partial charge in [0.2, 0.25) is 0 Å². The van der Waals surface area contributed by atoms with E-state index in [1.807, 2.05) is 0 Å². The highest BCUT2D eigenvalue weighted by molar-refractivity contribution is 5.81. The first-order chi connectivity index (χ1) is 7.33. The number of rotatable bonds is 5. The molecule has 3 heteroatoms. The third-order valence-electron chi connectivity index (χ3n) is 2.51. The van der Waals surface area contributed by atoms with Crippen molar-refractivity contribution in [2.24, 2.45) is 0 Å². The summed E-state index contributed by atoms with van der Waals surface area (Å²) >= 11 is 0. The molecular weight excluding hydrogens is 190 g/mol. The second-order valence-electron chi connectivity index (χ2n) is 3.67. The molecule has 0 unspecified atom stereocenters. The number of esters is 1. The van der Waals surface area contributed by atoms with Crippen molar-refractivity contribution in [1.82, 2.24) is 5.32 Å². The third-order valence-corrected chi connectivity index (χ3v) is 2.51. The number of hydrogen-bond acceptors (Lipinski definition) is 3. The zero-order valence-corrected chi connectivity index (χ0v) is 9.29. The second-order valence-corrected chi connectivity index (χ2v) is 3.67. The van der Waals surface area contributed by atoms with E-state index in [-0.39, 0.29) is 5.97 Å². The molecule has 0 bridgehead atoms. The van der Waals surface area contributed by atoms with Gasteiger partial charge in [-0.15, -0.1) is 0 Å². The topological polar surface area (TPSA) is 38.3 Å². The summed E-state index contributed by atoms with van der Waals surface area (Å²) in [6.07, 6.45) is 11.6. The minimum Gasteiger partial charge on any atom is -0.466 e. The van der Waals surface area contributed by atoms with Crippen molar-refractivity contribution in [3.8, 4) is 0 Å². The molecule has 0 saturated carbocycles. The first-order valence-corrected chi connectivity index (χ1v) is 5.48. The van der Waals surface area contributed by atoms with Crippen molar-refractivity contribution in [3.05, 3.63) is 23.9 Å². The van der Waals surface area contributed by atoms with Gasteiger partial charge in [0.05, 0.1) is 7.11 Å². The van der Waals surface area contributed by atoms with Crippen LogP contribution in [0.2, 0.25) is 0 Å². The molecule has 1 aliphatic carbocycles. The van der Waals surface area contributed by atoms with Gasteiger partial charge in [-0.3, -0.25) is 0 Å². The maximum atomic E-state index is 10.7. The van der Waals surface area contributed by atoms with E-state index in [0.717, 1.165) is 13.0 Å². The van der Waals surface area contributed by atoms with Crippen molar-refractivity contribution in [2.45, 2.75) is 32.1 Å². The van der Waals surface area contributed by atoms with E-state index in [0.29, 0.717) is 0 Å². The van der Waals surface area contributed by atoms with Crippen LogP contribution in [0.15, 0.2) is 23.9 Å². The van der Waals surface area contributed by atoms with Crippen LogP contribution in [0.1, 0.15) is 32.1 Å². The van der Waals surface area contributed by atoms with E-state index in [2.05, 4.69) is 16.1 Å². The van der Waals surface area contributed by atoms with Gasteiger partial charge in [-0.1, -0.05) is 11.6 Å². The van der Waals surface area contributed by atoms with Crippen LogP contribution in [0.3, 0.4) is 0 Å². The lowest BCUT2D eigenvalue weighted by atomic mass is 9.97. The molecular formula is C12H19NO2. The first kappa shape index (κ1) is 11.8. The van der Waals surface area contributed by atoms with Crippen molar-refractivity contribution < 1.29 is 9.53 Å². The van der Waals surface area contributed by atoms with Crippen LogP contribution in [0.4, 0.5) is 0 Å². The Morgan fingerprint density at radius 1 is 1.60 bits per heavy atom. The highest BCUT2D eigenvalue weighted by Gasteiger charge is 2.01. The third kappa shape index (κ3) is 5.25. The number of allylic oxidation sites excluding steroid dienone is 1. The van der Waals surface area contributed by atoms with Crippen LogP contribution in [0.25, 0.3) is 0 Å². The van der Waals surface area contributed by atoms with E-state index >= 15 is 0 Å². The summed E-state index contributed by atoms with van der Waals surface area (Å²) in [6.45, 7) is 0.888. The summed E-state index contributed by atoms with van der Waals surface area (Å²) in [4.78, 5) is 10.7. The normalized spacial score (nSPS) is 16.2. The largest absolute Gasteiger partial charge is 0.466 e. The van der Waals surface area contributed by atoms with Crippen LogP contribution >= 0.6 is 0 Å². The number of carbonyl (C=O) groups is 1. The minimum atomic E-state index is -0.320. The Kier molecular flexibility index (Phi) is 5.59. The van der Waals surface area contributed by atoms with Gasteiger partial charge in [-0.2, -0.15) is 0 Å². The van der Waals surface area contributed by atoms with Gasteiger partial charge < -0.3 is 10.1 Å². The predicted molar refractivity (Wildman–Crippen MR) is 60.3 cm³/mol. The number of ether oxygens (including phenoxy) is 1. The van der Waals surface area contributed by atoms with Crippen LogP contribution in [0.5, 0.6) is 0 Å². The zero-order valence-electron chi connectivity index (χ0n) is 9.29. The fraction of sp³-hybridized carbons (Fsp3) is 0.583. The average Bonchev–Trinajstić information content (AvgIpc) is 2.29. The SMILES string of the molecule is COC(=O)/C=C/NCCC1=CCCCC1. The minimum absolute atomic E-state index is 0.320. The van der Waals surface area contributed by atoms with Gasteiger partial charge in [0.15, 0.2) is 0 Å². The highest BCUT2D eigenvalue weighted by Crippen LogP contribution is 2.19. The molecule has 0 saturated heterocycles. The molecule has 0 aromatic rings. The summed E-state index contributed by atoms with van der Waals surface area (Å²) < 4.78 is 4.47. The first-order valence-electron chi connectivity index (χ1n) is 5.48. The molecule has 0 aromatic carbocycles. The van der Waals surface area contributed by atoms with Gasteiger partial charge in [0.1, 0.15) is 0 Å². The molecule has 0 atom stereocenters. The summed E-state index contributed by atoms with van der Waals surface area (Å²) in [6, 6.07) is 0. The van der Waals surface area contributed by atoms with E-state index in [1.165, 1.54) is 38.9 Å². The van der Waals surface area contributed by atoms with E-state index < -0.39 is 0 Å². The van der Waals surface area contributed by atoms with E-state index in [9.17, 15) is 4.79 Å². The molecule has 0 aliphatic heterocycles. The van der Waals surface area contributed by atoms with Crippen molar-refractivity contribution >= 4 is 5.97 Å². The maximum Gasteiger partial charge on any atom is 0.331 e. The van der Waals surface area contributed by atoms with E-state index in [4.69, 9.17) is 0 Å². The molecule has 1 N–H and O–H groups in total. The average molecular weight is 209 g/mol. The Bertz CT molecular complexity index is 256. The number of hydrogen-bond donors (Lipinski definition) is 1. The molecule has 0 aromatic heterocycles. The van der Waals surface area contributed by atoms with Gasteiger partial charge in [0.25, 0.3) is 0 Å². The van der Waals surface area contributed by atoms with Crippen LogP contribution in [-0.2, 0) is 9.53 Å². The highest BCUT2D eigenvalue weighted by atomic mass is 16.5. The van der Waals surface area contributed by atoms with Crippen LogP contribution in [0, 0.1) is 0 Å². The van der Waals surface area contributed by atoms with Gasteiger partial charge in [0, 0.05) is 18.8 Å². The molecule has 1 aliphatic rings. The van der Waals surface area contributed by atoms with Gasteiger partial charge in [-0.05, 0) is 32.1 Å². The molecule has 0 heterocycles. The van der Waals surface area contributed by atoms with Crippen molar-refractivity contribution in [3.63, 3.8) is 0 Å². The number of carbonyl (C=O) groups excluding carboxylic acids is 1. The monoisotopic (exact) mass is 209 g/mol. The van der Waals surface area contributed by atoms with E-state index in [1.54, 1.807) is 11.8 Å². The van der Waals surface area contributed by atoms with Crippen molar-refractivity contribution in [2.75, 3.05) is 13.7 Å². The fourth-order valence-electron chi connectivity index (χ4n) is 1.64. The predicted octanol–water partition coefficient (Wildman–Crippen LogP) is 2.15. The Balaban J connectivity index is 2.08. The fourth-order valence-corrected chi connectivity index (χ4v) is 1.64. The van der Waals surface area contributed by atoms with Gasteiger partial charge in [-0.25, -0.2) is 4.79 Å². The Morgan fingerprint density at radius 2 is 2.47 bits per heavy atom. The van der Waals surface area contributed by atoms with Crippen molar-refractivity contribution in [1.29, 1.82) is 0 Å². The molecule has 0 spiro atoms. The zero-order chi connectivity index (χ0) is 10.9. The van der Waals surface area contributed by atoms with Gasteiger partial charge >= 0.3 is 5.97 Å². The smallest absolute Gasteiger partial charge is 0.331 e. The molecule has 3 nitrogen and oxygen atoms in total. The Labute approximate surface area is 91.2 Å². The number of methoxy groups -OCH3 is 1. The summed E-state index contributed by atoms with van der Waals surface area (Å²) in [5, 5.41) is 3.08. The molecule has 0 fully saturated rings. The standard InChI is InChI=1S/C12H19NO2/c1-15-12(14)8-10-13-9-7-11-5-3-2-4-6-11/h5,8,10,13H,2-4,6-7,9H2,1H3/b10-8+. The summed E-state index contributed by atoms with van der Waals surface area (Å²) in [5.41, 5.74) is 1.54. The molecule has 0 radical (unpaired) electrons. The lowest BCUT2D eigenvalue weighted by Crippen LogP contribution is -2.09. The quantitative estimate of drug-likeness (QED) is 0.326. The number of nitrogens with one attached hydrogen (secondary N) is 1. The molecule has 15 heavy (non-hydrogen) atoms. The Morgan fingerprint density at radius 3 is 3.13 bits per heavy atom. The maximum absolute atomic E-state index is 10.7. The molecule has 0 amide bonds.